The zero-order valence-electron chi connectivity index (χ0n) is 31.3. The van der Waals surface area contributed by atoms with Crippen LogP contribution in [0.1, 0.15) is 5.82 Å². The highest BCUT2D eigenvalue weighted by Crippen LogP contribution is 2.45. The number of benzene rings is 8. The lowest BCUT2D eigenvalue weighted by Crippen LogP contribution is -2.11. The molecule has 0 spiro atoms. The normalized spacial score (nSPS) is 11.0. The van der Waals surface area contributed by atoms with Crippen molar-refractivity contribution in [3.8, 4) is 33.9 Å². The molecule has 0 aliphatic rings. The number of aromatic nitrogens is 4. The Bertz CT molecular complexity index is 2890. The topological polar surface area (TPSA) is 46.8 Å². The Kier molecular flexibility index (Phi) is 9.32. The average Bonchev–Trinajstić information content (AvgIpc) is 3.57. The summed E-state index contributed by atoms with van der Waals surface area (Å²) in [6.07, 6.45) is 0. The molecule has 0 saturated carbocycles. The van der Waals surface area contributed by atoms with Gasteiger partial charge in [-0.1, -0.05) is 152 Å². The zero-order chi connectivity index (χ0) is 37.8. The molecule has 0 unspecified atom stereocenters. The fourth-order valence-corrected chi connectivity index (χ4v) is 7.64. The predicted octanol–water partition coefficient (Wildman–Crippen LogP) is 13.1. The Morgan fingerprint density at radius 1 is 0.429 bits per heavy atom. The summed E-state index contributed by atoms with van der Waals surface area (Å²) in [4.78, 5) is 16.5. The van der Waals surface area contributed by atoms with Crippen LogP contribution < -0.4 is 4.90 Å². The summed E-state index contributed by atoms with van der Waals surface area (Å²) in [6, 6.07) is 69.7. The van der Waals surface area contributed by atoms with Crippen LogP contribution in [0, 0.1) is 6.92 Å². The van der Waals surface area contributed by atoms with Gasteiger partial charge in [0.05, 0.1) is 11.2 Å². The molecule has 10 aromatic rings. The van der Waals surface area contributed by atoms with Crippen molar-refractivity contribution in [3.05, 3.63) is 206 Å². The van der Waals surface area contributed by atoms with Gasteiger partial charge in [-0.25, -0.2) is 15.0 Å². The van der Waals surface area contributed by atoms with E-state index in [2.05, 4.69) is 155 Å². The second-order valence-electron chi connectivity index (χ2n) is 13.7. The molecule has 0 saturated heterocycles. The molecule has 0 atom stereocenters. The molecule has 0 aliphatic heterocycles. The van der Waals surface area contributed by atoms with Crippen LogP contribution in [0.5, 0.6) is 0 Å². The van der Waals surface area contributed by atoms with E-state index in [4.69, 9.17) is 9.97 Å². The van der Waals surface area contributed by atoms with Gasteiger partial charge in [0.15, 0.2) is 11.6 Å². The summed E-state index contributed by atoms with van der Waals surface area (Å²) < 4.78 is 2.35. The lowest BCUT2D eigenvalue weighted by atomic mass is 9.98. The quantitative estimate of drug-likeness (QED) is 0.171. The number of para-hydroxylation sites is 3. The highest BCUT2D eigenvalue weighted by atomic mass is 15.1. The first-order chi connectivity index (χ1) is 27.6. The highest BCUT2D eigenvalue weighted by molar-refractivity contribution is 6.23. The van der Waals surface area contributed by atoms with Gasteiger partial charge < -0.3 is 9.47 Å². The molecule has 0 fully saturated rings. The smallest absolute Gasteiger partial charge is 0.163 e. The Morgan fingerprint density at radius 3 is 1.68 bits per heavy atom. The largest absolute Gasteiger partial charge is 0.343 e. The van der Waals surface area contributed by atoms with Crippen molar-refractivity contribution >= 4 is 49.6 Å². The van der Waals surface area contributed by atoms with Crippen molar-refractivity contribution in [1.29, 1.82) is 0 Å². The van der Waals surface area contributed by atoms with E-state index in [1.165, 1.54) is 38.1 Å². The Balaban J connectivity index is 0.000000626. The van der Waals surface area contributed by atoms with Crippen LogP contribution in [0.4, 0.5) is 17.1 Å². The first-order valence-corrected chi connectivity index (χ1v) is 18.9. The summed E-state index contributed by atoms with van der Waals surface area (Å²) in [6.45, 7) is 1.92. The van der Waals surface area contributed by atoms with Crippen molar-refractivity contribution in [1.82, 2.24) is 19.5 Å². The number of anilines is 3. The van der Waals surface area contributed by atoms with E-state index < -0.39 is 0 Å². The second kappa shape index (κ2) is 15.2. The van der Waals surface area contributed by atoms with E-state index in [9.17, 15) is 0 Å². The molecule has 0 aliphatic carbocycles. The minimum Gasteiger partial charge on any atom is -0.343 e. The van der Waals surface area contributed by atoms with Crippen LogP contribution in [-0.2, 0) is 7.05 Å². The van der Waals surface area contributed by atoms with Gasteiger partial charge in [0.25, 0.3) is 0 Å². The lowest BCUT2D eigenvalue weighted by Gasteiger charge is -2.28. The van der Waals surface area contributed by atoms with Gasteiger partial charge in [-0.05, 0) is 66.2 Å². The van der Waals surface area contributed by atoms with Crippen LogP contribution in [0.15, 0.2) is 200 Å². The summed E-state index contributed by atoms with van der Waals surface area (Å²) >= 11 is 0. The number of hydrogen-bond donors (Lipinski definition) is 0. The zero-order valence-corrected chi connectivity index (χ0v) is 31.3. The van der Waals surface area contributed by atoms with Crippen LogP contribution in [0.3, 0.4) is 0 Å². The first-order valence-electron chi connectivity index (χ1n) is 18.9. The van der Waals surface area contributed by atoms with E-state index in [-0.39, 0.29) is 0 Å². The Morgan fingerprint density at radius 2 is 0.964 bits per heavy atom. The van der Waals surface area contributed by atoms with E-state index in [0.717, 1.165) is 33.8 Å². The predicted molar refractivity (Wildman–Crippen MR) is 233 cm³/mol. The molecule has 0 bridgehead atoms. The average molecular weight is 722 g/mol. The van der Waals surface area contributed by atoms with Gasteiger partial charge in [-0.15, -0.1) is 0 Å². The maximum atomic E-state index is 4.85. The first kappa shape index (κ1) is 34.4. The van der Waals surface area contributed by atoms with E-state index >= 15 is 0 Å². The van der Waals surface area contributed by atoms with Crippen molar-refractivity contribution in [3.63, 3.8) is 0 Å². The van der Waals surface area contributed by atoms with Crippen LogP contribution in [0.25, 0.3) is 66.5 Å². The molecular formula is C51H39N5. The van der Waals surface area contributed by atoms with Gasteiger partial charge in [0.1, 0.15) is 5.82 Å². The molecule has 8 aromatic carbocycles. The van der Waals surface area contributed by atoms with Gasteiger partial charge >= 0.3 is 0 Å². The molecule has 2 heterocycles. The number of rotatable bonds is 6. The summed E-state index contributed by atoms with van der Waals surface area (Å²) in [5, 5.41) is 5.07. The maximum Gasteiger partial charge on any atom is 0.163 e. The molecule has 56 heavy (non-hydrogen) atoms. The van der Waals surface area contributed by atoms with Crippen LogP contribution >= 0.6 is 0 Å². The van der Waals surface area contributed by atoms with Crippen molar-refractivity contribution in [2.24, 2.45) is 7.05 Å². The van der Waals surface area contributed by atoms with Crippen molar-refractivity contribution in [2.75, 3.05) is 4.90 Å². The van der Waals surface area contributed by atoms with Gasteiger partial charge in [0.2, 0.25) is 0 Å². The van der Waals surface area contributed by atoms with E-state index in [1.54, 1.807) is 0 Å². The fourth-order valence-electron chi connectivity index (χ4n) is 7.64. The van der Waals surface area contributed by atoms with Crippen LogP contribution in [0.2, 0.25) is 0 Å². The third-order valence-electron chi connectivity index (χ3n) is 10.2. The number of hydrogen-bond acceptors (Lipinski definition) is 4. The lowest BCUT2D eigenvalue weighted by molar-refractivity contribution is 0.992. The molecule has 268 valence electrons. The molecule has 0 radical (unpaired) electrons. The van der Waals surface area contributed by atoms with Gasteiger partial charge in [-0.3, -0.25) is 0 Å². The molecule has 5 nitrogen and oxygen atoms in total. The molecule has 2 aromatic heterocycles. The number of fused-ring (bicyclic) bond motifs is 5. The summed E-state index contributed by atoms with van der Waals surface area (Å²) in [5.74, 6) is 2.02. The SMILES string of the molecule is Cc1nc(-c2ccccc2)nc(-c2ccc(N(c3ccccc3)c3ccccc3-c3cccc4c5c6ccccc6ccc5n(C)c34)cc2)n1.c1ccccc1. The minimum absolute atomic E-state index is 0.657. The molecule has 0 N–H and O–H groups in total. The fraction of sp³-hybridized carbons (Fsp3) is 0.0392. The van der Waals surface area contributed by atoms with Crippen molar-refractivity contribution in [2.45, 2.75) is 6.92 Å². The minimum atomic E-state index is 0.657. The summed E-state index contributed by atoms with van der Waals surface area (Å²) in [7, 11) is 2.19. The monoisotopic (exact) mass is 721 g/mol. The molecule has 5 heteroatoms. The highest BCUT2D eigenvalue weighted by Gasteiger charge is 2.21. The van der Waals surface area contributed by atoms with Gasteiger partial charge in [-0.2, -0.15) is 0 Å². The third kappa shape index (κ3) is 6.56. The van der Waals surface area contributed by atoms with Gasteiger partial charge in [0, 0.05) is 57.0 Å². The van der Waals surface area contributed by atoms with Crippen molar-refractivity contribution < 1.29 is 0 Å². The van der Waals surface area contributed by atoms with Crippen LogP contribution in [-0.4, -0.2) is 19.5 Å². The number of aryl methyl sites for hydroxylation is 2. The molecular weight excluding hydrogens is 683 g/mol. The third-order valence-corrected chi connectivity index (χ3v) is 10.2. The van der Waals surface area contributed by atoms with E-state index in [0.29, 0.717) is 17.5 Å². The van der Waals surface area contributed by atoms with E-state index in [1.807, 2.05) is 73.7 Å². The molecule has 0 amide bonds. The summed E-state index contributed by atoms with van der Waals surface area (Å²) in [5.41, 5.74) is 9.90. The second-order valence-corrected chi connectivity index (χ2v) is 13.7. The Hall–Kier alpha value is -7.37. The standard InChI is InChI=1S/C45H33N5.C6H6/c1-30-46-44(32-15-5-3-6-16-32)48-45(47-30)33-24-27-35(28-25-33)50(34-17-7-4-8-18-34)40-23-12-11-20-37(40)38-21-13-22-39-42-36-19-10-9-14-31(36)26-29-41(42)49(2)43(38)39;1-2-4-6-5-3-1/h3-29H,1-2H3;1-6H. The number of nitrogens with zero attached hydrogens (tertiary/aromatic N) is 5. The maximum absolute atomic E-state index is 4.85. The molecule has 10 rings (SSSR count). The Labute approximate surface area is 326 Å².